The first-order valence-corrected chi connectivity index (χ1v) is 6.77. The Morgan fingerprint density at radius 3 is 2.60 bits per heavy atom. The highest BCUT2D eigenvalue weighted by Crippen LogP contribution is 2.33. The van der Waals surface area contributed by atoms with E-state index in [1.54, 1.807) is 0 Å². The van der Waals surface area contributed by atoms with Crippen LogP contribution in [0.1, 0.15) is 11.3 Å². The second-order valence-corrected chi connectivity index (χ2v) is 5.13. The topological polar surface area (TPSA) is 33.6 Å². The van der Waals surface area contributed by atoms with Gasteiger partial charge in [-0.15, -0.1) is 0 Å². The Kier molecular flexibility index (Phi) is 2.24. The fourth-order valence-corrected chi connectivity index (χ4v) is 2.96. The van der Waals surface area contributed by atoms with Crippen LogP contribution in [0.25, 0.3) is 27.8 Å². The number of benzene rings is 1. The third-order valence-corrected chi connectivity index (χ3v) is 4.04. The first kappa shape index (κ1) is 11.3. The fourth-order valence-electron chi connectivity index (χ4n) is 2.96. The zero-order valence-corrected chi connectivity index (χ0v) is 11.5. The van der Waals surface area contributed by atoms with E-state index in [9.17, 15) is 0 Å². The molecule has 1 aromatic carbocycles. The van der Waals surface area contributed by atoms with Gasteiger partial charge in [-0.25, -0.2) is 4.98 Å². The predicted octanol–water partition coefficient (Wildman–Crippen LogP) is 4.12. The normalized spacial score (nSPS) is 11.5. The average Bonchev–Trinajstić information content (AvgIpc) is 2.96. The molecule has 4 rings (SSSR count). The van der Waals surface area contributed by atoms with Crippen molar-refractivity contribution in [3.8, 4) is 5.82 Å². The first-order valence-electron chi connectivity index (χ1n) is 6.77. The van der Waals surface area contributed by atoms with E-state index in [1.807, 2.05) is 24.4 Å². The number of nitrogens with zero attached hydrogens (tertiary/aromatic N) is 2. The number of H-pyrrole nitrogens is 1. The SMILES string of the molecule is Cc1c(C)n(-c2ccccn2)c2[nH]c3ccccc3c12. The molecule has 0 fully saturated rings. The smallest absolute Gasteiger partial charge is 0.138 e. The maximum Gasteiger partial charge on any atom is 0.138 e. The van der Waals surface area contributed by atoms with E-state index in [4.69, 9.17) is 0 Å². The Morgan fingerprint density at radius 2 is 1.80 bits per heavy atom. The molecule has 0 bridgehead atoms. The first-order chi connectivity index (χ1) is 9.77. The molecule has 1 N–H and O–H groups in total. The van der Waals surface area contributed by atoms with Crippen LogP contribution in [0.5, 0.6) is 0 Å². The quantitative estimate of drug-likeness (QED) is 0.549. The lowest BCUT2D eigenvalue weighted by Crippen LogP contribution is -1.99. The number of aromatic amines is 1. The molecule has 0 spiro atoms. The molecule has 3 heterocycles. The minimum absolute atomic E-state index is 0.953. The number of aryl methyl sites for hydroxylation is 1. The highest BCUT2D eigenvalue weighted by Gasteiger charge is 2.17. The highest BCUT2D eigenvalue weighted by molar-refractivity contribution is 6.09. The number of hydrogen-bond donors (Lipinski definition) is 1. The third-order valence-electron chi connectivity index (χ3n) is 4.04. The Hall–Kier alpha value is -2.55. The molecule has 0 radical (unpaired) electrons. The molecule has 3 aromatic heterocycles. The van der Waals surface area contributed by atoms with Crippen LogP contribution >= 0.6 is 0 Å². The highest BCUT2D eigenvalue weighted by atomic mass is 15.1. The van der Waals surface area contributed by atoms with Gasteiger partial charge < -0.3 is 4.98 Å². The second kappa shape index (κ2) is 3.97. The maximum atomic E-state index is 4.49. The molecule has 0 saturated heterocycles. The Balaban J connectivity index is 2.19. The lowest BCUT2D eigenvalue weighted by molar-refractivity contribution is 0.972. The van der Waals surface area contributed by atoms with Crippen molar-refractivity contribution in [3.63, 3.8) is 0 Å². The fraction of sp³-hybridized carbons (Fsp3) is 0.118. The van der Waals surface area contributed by atoms with Gasteiger partial charge in [0.05, 0.1) is 0 Å². The van der Waals surface area contributed by atoms with Gasteiger partial charge in [-0.1, -0.05) is 24.3 Å². The van der Waals surface area contributed by atoms with Crippen molar-refractivity contribution in [2.24, 2.45) is 0 Å². The second-order valence-electron chi connectivity index (χ2n) is 5.13. The number of rotatable bonds is 1. The zero-order valence-electron chi connectivity index (χ0n) is 11.5. The van der Waals surface area contributed by atoms with E-state index in [2.05, 4.69) is 52.6 Å². The number of pyridine rings is 1. The van der Waals surface area contributed by atoms with E-state index >= 15 is 0 Å². The van der Waals surface area contributed by atoms with Gasteiger partial charge in [0.1, 0.15) is 11.5 Å². The molecule has 4 aromatic rings. The van der Waals surface area contributed by atoms with Crippen molar-refractivity contribution >= 4 is 21.9 Å². The molecule has 20 heavy (non-hydrogen) atoms. The standard InChI is InChI=1S/C17H15N3/c1-11-12(2)20(15-9-5-6-10-18-15)17-16(11)13-7-3-4-8-14(13)19-17/h3-10,19H,1-2H3. The number of hydrogen-bond acceptors (Lipinski definition) is 1. The van der Waals surface area contributed by atoms with Crippen LogP contribution in [0.2, 0.25) is 0 Å². The minimum Gasteiger partial charge on any atom is -0.340 e. The van der Waals surface area contributed by atoms with Gasteiger partial charge in [0.15, 0.2) is 0 Å². The molecule has 0 aliphatic rings. The van der Waals surface area contributed by atoms with Crippen LogP contribution in [0, 0.1) is 13.8 Å². The molecule has 0 saturated carbocycles. The number of fused-ring (bicyclic) bond motifs is 3. The third kappa shape index (κ3) is 1.37. The van der Waals surface area contributed by atoms with E-state index in [-0.39, 0.29) is 0 Å². The number of nitrogens with one attached hydrogen (secondary N) is 1. The van der Waals surface area contributed by atoms with Crippen LogP contribution < -0.4 is 0 Å². The Morgan fingerprint density at radius 1 is 1.00 bits per heavy atom. The van der Waals surface area contributed by atoms with E-state index in [0.29, 0.717) is 0 Å². The lowest BCUT2D eigenvalue weighted by atomic mass is 10.1. The molecule has 0 amide bonds. The van der Waals surface area contributed by atoms with Gasteiger partial charge in [0.2, 0.25) is 0 Å². The largest absolute Gasteiger partial charge is 0.340 e. The summed E-state index contributed by atoms with van der Waals surface area (Å²) in [4.78, 5) is 8.02. The summed E-state index contributed by atoms with van der Waals surface area (Å²) in [5, 5.41) is 2.57. The van der Waals surface area contributed by atoms with Crippen LogP contribution in [-0.2, 0) is 0 Å². The summed E-state index contributed by atoms with van der Waals surface area (Å²) in [6.07, 6.45) is 1.83. The number of aromatic nitrogens is 3. The lowest BCUT2D eigenvalue weighted by Gasteiger charge is -2.06. The van der Waals surface area contributed by atoms with Gasteiger partial charge in [0, 0.05) is 28.2 Å². The van der Waals surface area contributed by atoms with Crippen molar-refractivity contribution in [1.82, 2.24) is 14.5 Å². The summed E-state index contributed by atoms with van der Waals surface area (Å²) < 4.78 is 2.20. The molecule has 0 atom stereocenters. The van der Waals surface area contributed by atoms with Gasteiger partial charge in [-0.2, -0.15) is 0 Å². The van der Waals surface area contributed by atoms with Crippen molar-refractivity contribution in [1.29, 1.82) is 0 Å². The van der Waals surface area contributed by atoms with E-state index in [1.165, 1.54) is 27.5 Å². The van der Waals surface area contributed by atoms with Crippen molar-refractivity contribution in [2.75, 3.05) is 0 Å². The summed E-state index contributed by atoms with van der Waals surface area (Å²) in [6, 6.07) is 14.4. The summed E-state index contributed by atoms with van der Waals surface area (Å²) in [6.45, 7) is 4.32. The summed E-state index contributed by atoms with van der Waals surface area (Å²) in [7, 11) is 0. The molecular weight excluding hydrogens is 246 g/mol. The molecule has 3 nitrogen and oxygen atoms in total. The summed E-state index contributed by atoms with van der Waals surface area (Å²) in [5.41, 5.74) is 4.84. The molecule has 0 aliphatic heterocycles. The predicted molar refractivity (Wildman–Crippen MR) is 82.4 cm³/mol. The zero-order chi connectivity index (χ0) is 13.7. The van der Waals surface area contributed by atoms with Gasteiger partial charge in [-0.3, -0.25) is 4.57 Å². The maximum absolute atomic E-state index is 4.49. The monoisotopic (exact) mass is 261 g/mol. The van der Waals surface area contributed by atoms with Crippen LogP contribution in [0.4, 0.5) is 0 Å². The molecule has 0 unspecified atom stereocenters. The van der Waals surface area contributed by atoms with Gasteiger partial charge >= 0.3 is 0 Å². The molecule has 3 heteroatoms. The van der Waals surface area contributed by atoms with Gasteiger partial charge in [0.25, 0.3) is 0 Å². The van der Waals surface area contributed by atoms with Crippen LogP contribution in [0.15, 0.2) is 48.7 Å². The van der Waals surface area contributed by atoms with Crippen LogP contribution in [0.3, 0.4) is 0 Å². The molecular formula is C17H15N3. The summed E-state index contributed by atoms with van der Waals surface area (Å²) in [5.74, 6) is 0.953. The Labute approximate surface area is 116 Å². The van der Waals surface area contributed by atoms with Crippen molar-refractivity contribution in [2.45, 2.75) is 13.8 Å². The van der Waals surface area contributed by atoms with Gasteiger partial charge in [-0.05, 0) is 37.6 Å². The van der Waals surface area contributed by atoms with E-state index < -0.39 is 0 Å². The van der Waals surface area contributed by atoms with Crippen molar-refractivity contribution in [3.05, 3.63) is 59.9 Å². The Bertz CT molecular complexity index is 914. The van der Waals surface area contributed by atoms with E-state index in [0.717, 1.165) is 11.5 Å². The summed E-state index contributed by atoms with van der Waals surface area (Å²) >= 11 is 0. The van der Waals surface area contributed by atoms with Crippen LogP contribution in [-0.4, -0.2) is 14.5 Å². The molecule has 98 valence electrons. The van der Waals surface area contributed by atoms with Crippen molar-refractivity contribution < 1.29 is 0 Å². The molecule has 0 aliphatic carbocycles. The average molecular weight is 261 g/mol. The minimum atomic E-state index is 0.953. The number of para-hydroxylation sites is 1.